The molecule has 3 nitrogen and oxygen atoms in total. The predicted molar refractivity (Wildman–Crippen MR) is 67.5 cm³/mol. The van der Waals surface area contributed by atoms with E-state index < -0.39 is 0 Å². The summed E-state index contributed by atoms with van der Waals surface area (Å²) in [6.07, 6.45) is 3.52. The molecule has 0 spiro atoms. The van der Waals surface area contributed by atoms with E-state index in [2.05, 4.69) is 36.1 Å². The van der Waals surface area contributed by atoms with Gasteiger partial charge in [0.05, 0.1) is 11.9 Å². The second kappa shape index (κ2) is 5.35. The SMILES string of the molecule is Cc1cncc(NCCSC(C)(C)C)n1. The summed E-state index contributed by atoms with van der Waals surface area (Å²) in [4.78, 5) is 8.40. The molecule has 0 aromatic carbocycles. The molecule has 84 valence electrons. The first-order valence-electron chi connectivity index (χ1n) is 5.14. The van der Waals surface area contributed by atoms with Crippen molar-refractivity contribution in [2.24, 2.45) is 0 Å². The first-order valence-corrected chi connectivity index (χ1v) is 6.12. The van der Waals surface area contributed by atoms with Gasteiger partial charge in [0, 0.05) is 23.2 Å². The Morgan fingerprint density at radius 1 is 1.33 bits per heavy atom. The summed E-state index contributed by atoms with van der Waals surface area (Å²) in [7, 11) is 0. The van der Waals surface area contributed by atoms with Crippen LogP contribution < -0.4 is 5.32 Å². The Morgan fingerprint density at radius 2 is 2.07 bits per heavy atom. The van der Waals surface area contributed by atoms with Crippen LogP contribution in [0.15, 0.2) is 12.4 Å². The highest BCUT2D eigenvalue weighted by Gasteiger charge is 2.09. The topological polar surface area (TPSA) is 37.8 Å². The van der Waals surface area contributed by atoms with E-state index in [1.54, 1.807) is 12.4 Å². The van der Waals surface area contributed by atoms with Crippen LogP contribution in [-0.4, -0.2) is 27.0 Å². The summed E-state index contributed by atoms with van der Waals surface area (Å²) in [6, 6.07) is 0. The number of aromatic nitrogens is 2. The first kappa shape index (κ1) is 12.3. The van der Waals surface area contributed by atoms with E-state index in [1.807, 2.05) is 18.7 Å². The number of thioether (sulfide) groups is 1. The zero-order valence-electron chi connectivity index (χ0n) is 9.87. The van der Waals surface area contributed by atoms with E-state index in [-0.39, 0.29) is 0 Å². The zero-order valence-corrected chi connectivity index (χ0v) is 10.7. The maximum atomic E-state index is 4.32. The molecule has 1 N–H and O–H groups in total. The highest BCUT2D eigenvalue weighted by atomic mass is 32.2. The summed E-state index contributed by atoms with van der Waals surface area (Å²) in [5.74, 6) is 1.95. The van der Waals surface area contributed by atoms with Crippen LogP contribution in [0.1, 0.15) is 26.5 Å². The summed E-state index contributed by atoms with van der Waals surface area (Å²) in [5, 5.41) is 3.26. The molecule has 15 heavy (non-hydrogen) atoms. The summed E-state index contributed by atoms with van der Waals surface area (Å²) in [6.45, 7) is 9.56. The molecule has 0 saturated heterocycles. The lowest BCUT2D eigenvalue weighted by Crippen LogP contribution is -2.13. The van der Waals surface area contributed by atoms with Gasteiger partial charge in [0.15, 0.2) is 0 Å². The van der Waals surface area contributed by atoms with Gasteiger partial charge in [-0.3, -0.25) is 4.98 Å². The van der Waals surface area contributed by atoms with E-state index in [1.165, 1.54) is 0 Å². The molecular formula is C11H19N3S. The quantitative estimate of drug-likeness (QED) is 0.800. The van der Waals surface area contributed by atoms with Crippen LogP contribution in [0.25, 0.3) is 0 Å². The number of nitrogens with zero attached hydrogens (tertiary/aromatic N) is 2. The summed E-state index contributed by atoms with van der Waals surface area (Å²) in [5.41, 5.74) is 0.948. The fourth-order valence-corrected chi connectivity index (χ4v) is 1.90. The van der Waals surface area contributed by atoms with Crippen molar-refractivity contribution in [2.45, 2.75) is 32.4 Å². The molecule has 0 atom stereocenters. The van der Waals surface area contributed by atoms with Crippen molar-refractivity contribution in [3.05, 3.63) is 18.1 Å². The van der Waals surface area contributed by atoms with Gasteiger partial charge in [-0.25, -0.2) is 4.98 Å². The van der Waals surface area contributed by atoms with Crippen LogP contribution in [-0.2, 0) is 0 Å². The fraction of sp³-hybridized carbons (Fsp3) is 0.636. The Kier molecular flexibility index (Phi) is 4.39. The van der Waals surface area contributed by atoms with E-state index >= 15 is 0 Å². The Labute approximate surface area is 96.1 Å². The van der Waals surface area contributed by atoms with Gasteiger partial charge < -0.3 is 5.32 Å². The van der Waals surface area contributed by atoms with E-state index in [0.29, 0.717) is 4.75 Å². The lowest BCUT2D eigenvalue weighted by molar-refractivity contribution is 0.802. The molecule has 4 heteroatoms. The molecule has 0 saturated carbocycles. The molecule has 0 aliphatic heterocycles. The van der Waals surface area contributed by atoms with Gasteiger partial charge in [0.25, 0.3) is 0 Å². The van der Waals surface area contributed by atoms with Crippen LogP contribution in [0, 0.1) is 6.92 Å². The molecular weight excluding hydrogens is 206 g/mol. The average Bonchev–Trinajstić information content (AvgIpc) is 2.11. The van der Waals surface area contributed by atoms with Crippen molar-refractivity contribution in [3.8, 4) is 0 Å². The minimum absolute atomic E-state index is 0.333. The summed E-state index contributed by atoms with van der Waals surface area (Å²) >= 11 is 1.95. The Hall–Kier alpha value is -0.770. The van der Waals surface area contributed by atoms with Crippen LogP contribution in [0.3, 0.4) is 0 Å². The molecule has 0 amide bonds. The Bertz CT molecular complexity index is 307. The van der Waals surface area contributed by atoms with Gasteiger partial charge in [-0.1, -0.05) is 20.8 Å². The number of hydrogen-bond acceptors (Lipinski definition) is 4. The molecule has 1 aromatic heterocycles. The minimum atomic E-state index is 0.333. The van der Waals surface area contributed by atoms with Gasteiger partial charge in [0.2, 0.25) is 0 Å². The number of anilines is 1. The zero-order chi connectivity index (χ0) is 11.3. The van der Waals surface area contributed by atoms with Gasteiger partial charge in [-0.2, -0.15) is 11.8 Å². The van der Waals surface area contributed by atoms with Crippen LogP contribution in [0.4, 0.5) is 5.82 Å². The highest BCUT2D eigenvalue weighted by molar-refractivity contribution is 8.00. The number of aryl methyl sites for hydroxylation is 1. The lowest BCUT2D eigenvalue weighted by Gasteiger charge is -2.17. The fourth-order valence-electron chi connectivity index (χ4n) is 1.08. The molecule has 0 bridgehead atoms. The molecule has 0 fully saturated rings. The predicted octanol–water partition coefficient (Wildman–Crippen LogP) is 2.73. The molecule has 1 heterocycles. The third-order valence-corrected chi connectivity index (χ3v) is 2.97. The largest absolute Gasteiger partial charge is 0.368 e. The van der Waals surface area contributed by atoms with Crippen molar-refractivity contribution < 1.29 is 0 Å². The van der Waals surface area contributed by atoms with E-state index in [0.717, 1.165) is 23.8 Å². The highest BCUT2D eigenvalue weighted by Crippen LogP contribution is 2.22. The normalized spacial score (nSPS) is 11.5. The van der Waals surface area contributed by atoms with Crippen molar-refractivity contribution in [3.63, 3.8) is 0 Å². The van der Waals surface area contributed by atoms with Crippen molar-refractivity contribution >= 4 is 17.6 Å². The standard InChI is InChI=1S/C11H19N3S/c1-9-7-12-8-10(14-9)13-5-6-15-11(2,3)4/h7-8H,5-6H2,1-4H3,(H,13,14). The molecule has 1 rings (SSSR count). The summed E-state index contributed by atoms with van der Waals surface area (Å²) < 4.78 is 0.333. The second-order valence-corrected chi connectivity index (χ2v) is 6.35. The smallest absolute Gasteiger partial charge is 0.144 e. The average molecular weight is 225 g/mol. The van der Waals surface area contributed by atoms with Crippen molar-refractivity contribution in [1.82, 2.24) is 9.97 Å². The molecule has 0 unspecified atom stereocenters. The third kappa shape index (κ3) is 5.62. The molecule has 0 radical (unpaired) electrons. The third-order valence-electron chi connectivity index (χ3n) is 1.70. The molecule has 0 aliphatic carbocycles. The minimum Gasteiger partial charge on any atom is -0.368 e. The number of hydrogen-bond donors (Lipinski definition) is 1. The first-order chi connectivity index (χ1) is 6.97. The second-order valence-electron chi connectivity index (χ2n) is 4.43. The maximum absolute atomic E-state index is 4.32. The van der Waals surface area contributed by atoms with E-state index in [4.69, 9.17) is 0 Å². The van der Waals surface area contributed by atoms with Crippen LogP contribution in [0.2, 0.25) is 0 Å². The van der Waals surface area contributed by atoms with Crippen LogP contribution >= 0.6 is 11.8 Å². The monoisotopic (exact) mass is 225 g/mol. The van der Waals surface area contributed by atoms with E-state index in [9.17, 15) is 0 Å². The van der Waals surface area contributed by atoms with Crippen molar-refractivity contribution in [1.29, 1.82) is 0 Å². The maximum Gasteiger partial charge on any atom is 0.144 e. The van der Waals surface area contributed by atoms with Gasteiger partial charge in [-0.15, -0.1) is 0 Å². The Morgan fingerprint density at radius 3 is 2.67 bits per heavy atom. The van der Waals surface area contributed by atoms with Gasteiger partial charge >= 0.3 is 0 Å². The Balaban J connectivity index is 2.26. The number of nitrogens with one attached hydrogen (secondary N) is 1. The van der Waals surface area contributed by atoms with Gasteiger partial charge in [-0.05, 0) is 6.92 Å². The molecule has 1 aromatic rings. The van der Waals surface area contributed by atoms with Crippen LogP contribution in [0.5, 0.6) is 0 Å². The van der Waals surface area contributed by atoms with Gasteiger partial charge in [0.1, 0.15) is 5.82 Å². The van der Waals surface area contributed by atoms with Crippen molar-refractivity contribution in [2.75, 3.05) is 17.6 Å². The number of rotatable bonds is 4. The lowest BCUT2D eigenvalue weighted by atomic mass is 10.3. The molecule has 0 aliphatic rings.